The topological polar surface area (TPSA) is 57.7 Å². The lowest BCUT2D eigenvalue weighted by Crippen LogP contribution is -2.44. The summed E-state index contributed by atoms with van der Waals surface area (Å²) < 4.78 is 25.1. The average molecular weight is 333 g/mol. The third-order valence-electron chi connectivity index (χ3n) is 4.47. The van der Waals surface area contributed by atoms with Crippen molar-refractivity contribution in [3.63, 3.8) is 0 Å². The third-order valence-corrected chi connectivity index (χ3v) is 5.78. The Hall–Kier alpha value is -0.620. The van der Waals surface area contributed by atoms with E-state index in [1.807, 2.05) is 4.90 Å². The molecule has 1 aliphatic rings. The lowest BCUT2D eigenvalue weighted by Gasteiger charge is -2.35. The summed E-state index contributed by atoms with van der Waals surface area (Å²) in [5.74, 6) is 0.107. The summed E-state index contributed by atoms with van der Waals surface area (Å²) in [6, 6.07) is 0.341. The number of unbranched alkanes of at least 4 members (excludes halogenated alkanes) is 2. The highest BCUT2D eigenvalue weighted by Gasteiger charge is 2.26. The Morgan fingerprint density at radius 3 is 2.50 bits per heavy atom. The minimum Gasteiger partial charge on any atom is -0.340 e. The van der Waals surface area contributed by atoms with E-state index in [1.54, 1.807) is 0 Å². The number of piperidine rings is 1. The van der Waals surface area contributed by atoms with E-state index >= 15 is 0 Å². The predicted molar refractivity (Wildman–Crippen MR) is 90.2 cm³/mol. The van der Waals surface area contributed by atoms with Crippen molar-refractivity contribution in [2.75, 3.05) is 25.9 Å². The molecule has 1 amide bonds. The molecule has 0 bridgehead atoms. The van der Waals surface area contributed by atoms with E-state index in [4.69, 9.17) is 0 Å². The van der Waals surface area contributed by atoms with Gasteiger partial charge in [-0.15, -0.1) is 0 Å². The molecule has 6 heteroatoms. The predicted octanol–water partition coefficient (Wildman–Crippen LogP) is 2.62. The van der Waals surface area contributed by atoms with Crippen LogP contribution in [0.4, 0.5) is 0 Å². The van der Waals surface area contributed by atoms with Crippen LogP contribution in [0.15, 0.2) is 0 Å². The summed E-state index contributed by atoms with van der Waals surface area (Å²) in [6.45, 7) is 5.87. The molecule has 1 aliphatic heterocycles. The zero-order valence-electron chi connectivity index (χ0n) is 14.4. The van der Waals surface area contributed by atoms with Gasteiger partial charge in [-0.25, -0.2) is 12.7 Å². The third kappa shape index (κ3) is 6.24. The first kappa shape index (κ1) is 19.4. The molecule has 1 unspecified atom stereocenters. The molecular weight excluding hydrogens is 300 g/mol. The molecule has 0 saturated carbocycles. The van der Waals surface area contributed by atoms with Crippen LogP contribution in [0.1, 0.15) is 65.2 Å². The van der Waals surface area contributed by atoms with Gasteiger partial charge in [0.15, 0.2) is 0 Å². The van der Waals surface area contributed by atoms with Crippen molar-refractivity contribution < 1.29 is 13.2 Å². The molecule has 0 aromatic heterocycles. The molecule has 1 fully saturated rings. The molecule has 0 radical (unpaired) electrons. The van der Waals surface area contributed by atoms with Crippen LogP contribution < -0.4 is 0 Å². The number of carbonyl (C=O) groups excluding carboxylic acids is 1. The van der Waals surface area contributed by atoms with Crippen LogP contribution >= 0.6 is 0 Å². The second-order valence-corrected chi connectivity index (χ2v) is 8.25. The van der Waals surface area contributed by atoms with Crippen LogP contribution in [0.25, 0.3) is 0 Å². The molecule has 0 aliphatic carbocycles. The summed E-state index contributed by atoms with van der Waals surface area (Å²) >= 11 is 0. The van der Waals surface area contributed by atoms with Crippen molar-refractivity contribution in [3.05, 3.63) is 0 Å². The molecule has 0 aromatic rings. The maximum absolute atomic E-state index is 12.4. The highest BCUT2D eigenvalue weighted by molar-refractivity contribution is 7.88. The average Bonchev–Trinajstić information content (AvgIpc) is 2.49. The number of hydrogen-bond acceptors (Lipinski definition) is 3. The fourth-order valence-electron chi connectivity index (χ4n) is 3.10. The van der Waals surface area contributed by atoms with Crippen LogP contribution in [-0.2, 0) is 14.8 Å². The van der Waals surface area contributed by atoms with Crippen LogP contribution in [0.3, 0.4) is 0 Å². The van der Waals surface area contributed by atoms with Gasteiger partial charge in [0, 0.05) is 32.1 Å². The highest BCUT2D eigenvalue weighted by Crippen LogP contribution is 2.20. The second-order valence-electron chi connectivity index (χ2n) is 6.26. The lowest BCUT2D eigenvalue weighted by molar-refractivity contribution is -0.135. The first-order valence-corrected chi connectivity index (χ1v) is 10.5. The molecule has 0 aromatic carbocycles. The molecule has 1 rings (SSSR count). The van der Waals surface area contributed by atoms with E-state index in [-0.39, 0.29) is 5.91 Å². The minimum atomic E-state index is -3.23. The van der Waals surface area contributed by atoms with Crippen molar-refractivity contribution in [2.24, 2.45) is 0 Å². The van der Waals surface area contributed by atoms with Gasteiger partial charge in [-0.3, -0.25) is 4.79 Å². The summed E-state index contributed by atoms with van der Waals surface area (Å²) in [5, 5.41) is 0. The highest BCUT2D eigenvalue weighted by atomic mass is 32.2. The van der Waals surface area contributed by atoms with E-state index in [1.165, 1.54) is 17.0 Å². The Morgan fingerprint density at radius 2 is 1.91 bits per heavy atom. The van der Waals surface area contributed by atoms with Gasteiger partial charge in [0.25, 0.3) is 0 Å². The first-order valence-electron chi connectivity index (χ1n) is 8.64. The number of carbonyl (C=O) groups is 1. The van der Waals surface area contributed by atoms with Crippen molar-refractivity contribution in [3.8, 4) is 0 Å². The van der Waals surface area contributed by atoms with Gasteiger partial charge in [-0.2, -0.15) is 0 Å². The number of likely N-dealkylation sites (tertiary alicyclic amines) is 1. The Bertz CT molecular complexity index is 437. The van der Waals surface area contributed by atoms with Crippen molar-refractivity contribution in [2.45, 2.75) is 71.3 Å². The molecular formula is C16H32N2O3S. The van der Waals surface area contributed by atoms with E-state index in [0.29, 0.717) is 25.6 Å². The monoisotopic (exact) mass is 332 g/mol. The number of rotatable bonds is 9. The maximum Gasteiger partial charge on any atom is 0.224 e. The molecule has 1 saturated heterocycles. The summed E-state index contributed by atoms with van der Waals surface area (Å²) in [4.78, 5) is 14.4. The maximum atomic E-state index is 12.4. The summed E-state index contributed by atoms with van der Waals surface area (Å²) in [7, 11) is -3.23. The minimum absolute atomic E-state index is 0.107. The normalized spacial score (nSPS) is 19.6. The SMILES string of the molecule is CCCCCN(CCC(=O)N1CCCCC1CC)S(C)(=O)=O. The molecule has 1 heterocycles. The zero-order chi connectivity index (χ0) is 16.6. The lowest BCUT2D eigenvalue weighted by atomic mass is 9.99. The standard InChI is InChI=1S/C16H32N2O3S/c1-4-6-8-12-17(22(3,20)21)14-11-16(19)18-13-9-7-10-15(18)5-2/h15H,4-14H2,1-3H3. The van der Waals surface area contributed by atoms with Crippen molar-refractivity contribution in [1.82, 2.24) is 9.21 Å². The van der Waals surface area contributed by atoms with E-state index < -0.39 is 10.0 Å². The molecule has 1 atom stereocenters. The van der Waals surface area contributed by atoms with Gasteiger partial charge in [0.1, 0.15) is 0 Å². The molecule has 0 N–H and O–H groups in total. The fraction of sp³-hybridized carbons (Fsp3) is 0.938. The van der Waals surface area contributed by atoms with Gasteiger partial charge in [0.2, 0.25) is 15.9 Å². The van der Waals surface area contributed by atoms with Crippen molar-refractivity contribution in [1.29, 1.82) is 0 Å². The van der Waals surface area contributed by atoms with Crippen molar-refractivity contribution >= 4 is 15.9 Å². The van der Waals surface area contributed by atoms with Crippen LogP contribution in [-0.4, -0.2) is 55.5 Å². The Kier molecular flexibility index (Phi) is 8.39. The van der Waals surface area contributed by atoms with Crippen LogP contribution in [0, 0.1) is 0 Å². The van der Waals surface area contributed by atoms with Gasteiger partial charge in [-0.1, -0.05) is 26.7 Å². The van der Waals surface area contributed by atoms with Gasteiger partial charge >= 0.3 is 0 Å². The smallest absolute Gasteiger partial charge is 0.224 e. The van der Waals surface area contributed by atoms with E-state index in [9.17, 15) is 13.2 Å². The Balaban J connectivity index is 2.54. The largest absolute Gasteiger partial charge is 0.340 e. The first-order chi connectivity index (χ1) is 10.4. The number of sulfonamides is 1. The summed E-state index contributed by atoms with van der Waals surface area (Å²) in [6.07, 6.45) is 8.79. The molecule has 0 spiro atoms. The van der Waals surface area contributed by atoms with Gasteiger partial charge < -0.3 is 4.90 Å². The second kappa shape index (κ2) is 9.50. The zero-order valence-corrected chi connectivity index (χ0v) is 15.2. The van der Waals surface area contributed by atoms with Crippen LogP contribution in [0.5, 0.6) is 0 Å². The molecule has 130 valence electrons. The fourth-order valence-corrected chi connectivity index (χ4v) is 3.98. The number of amides is 1. The van der Waals surface area contributed by atoms with E-state index in [0.717, 1.165) is 45.1 Å². The number of nitrogens with zero attached hydrogens (tertiary/aromatic N) is 2. The summed E-state index contributed by atoms with van der Waals surface area (Å²) in [5.41, 5.74) is 0. The molecule has 5 nitrogen and oxygen atoms in total. The van der Waals surface area contributed by atoms with E-state index in [2.05, 4.69) is 13.8 Å². The Labute approximate surface area is 136 Å². The van der Waals surface area contributed by atoms with Gasteiger partial charge in [0.05, 0.1) is 6.26 Å². The molecule has 22 heavy (non-hydrogen) atoms. The quantitative estimate of drug-likeness (QED) is 0.610. The van der Waals surface area contributed by atoms with Gasteiger partial charge in [-0.05, 0) is 32.1 Å². The van der Waals surface area contributed by atoms with Crippen LogP contribution in [0.2, 0.25) is 0 Å². The number of hydrogen-bond donors (Lipinski definition) is 0. The Morgan fingerprint density at radius 1 is 1.18 bits per heavy atom.